The van der Waals surface area contributed by atoms with Gasteiger partial charge in [-0.2, -0.15) is 0 Å². The third-order valence-electron chi connectivity index (χ3n) is 2.89. The Hall–Kier alpha value is -0.650. The van der Waals surface area contributed by atoms with Gasteiger partial charge in [0.15, 0.2) is 4.87 Å². The summed E-state index contributed by atoms with van der Waals surface area (Å²) in [7, 11) is -1.73. The van der Waals surface area contributed by atoms with E-state index in [9.17, 15) is 8.42 Å². The fourth-order valence-electron chi connectivity index (χ4n) is 1.76. The molecule has 1 unspecified atom stereocenters. The van der Waals surface area contributed by atoms with Gasteiger partial charge in [-0.05, 0) is 36.9 Å². The number of hydrogen-bond donors (Lipinski definition) is 1. The van der Waals surface area contributed by atoms with Crippen LogP contribution in [0.25, 0.3) is 0 Å². The summed E-state index contributed by atoms with van der Waals surface area (Å²) in [4.78, 5) is -0.621. The molecule has 0 amide bonds. The maximum atomic E-state index is 12.3. The Bertz CT molecular complexity index is 536. The predicted octanol–water partition coefficient (Wildman–Crippen LogP) is 2.10. The summed E-state index contributed by atoms with van der Waals surface area (Å²) < 4.78 is 25.5. The van der Waals surface area contributed by atoms with E-state index in [1.165, 1.54) is 0 Å². The number of likely N-dealkylation sites (N-methyl/N-ethyl adjacent to an activating group) is 1. The quantitative estimate of drug-likeness (QED) is 0.870. The van der Waals surface area contributed by atoms with Crippen LogP contribution in [0.3, 0.4) is 0 Å². The lowest BCUT2D eigenvalue weighted by molar-refractivity contribution is 0.565. The summed E-state index contributed by atoms with van der Waals surface area (Å²) in [6.45, 7) is 3.75. The molecule has 0 spiro atoms. The van der Waals surface area contributed by atoms with Crippen LogP contribution in [-0.4, -0.2) is 20.3 Å². The van der Waals surface area contributed by atoms with Gasteiger partial charge in [-0.15, -0.1) is 0 Å². The topological polar surface area (TPSA) is 46.2 Å². The fourth-order valence-corrected chi connectivity index (χ4v) is 3.93. The molecule has 0 radical (unpaired) electrons. The number of nitrogens with one attached hydrogen (secondary N) is 1. The second-order valence-electron chi connectivity index (χ2n) is 3.81. The molecule has 0 heterocycles. The molecular weight excluding hydrogens is 290 g/mol. The van der Waals surface area contributed by atoms with Crippen molar-refractivity contribution >= 4 is 25.8 Å². The molecule has 16 heavy (non-hydrogen) atoms. The minimum atomic E-state index is -3.37. The second kappa shape index (κ2) is 3.68. The van der Waals surface area contributed by atoms with Gasteiger partial charge in [0.05, 0.1) is 4.90 Å². The van der Waals surface area contributed by atoms with E-state index in [2.05, 4.69) is 27.8 Å². The Morgan fingerprint density at radius 1 is 1.38 bits per heavy atom. The summed E-state index contributed by atoms with van der Waals surface area (Å²) >= 11 is 3.28. The molecule has 3 nitrogen and oxygen atoms in total. The molecule has 0 bridgehead atoms. The van der Waals surface area contributed by atoms with Crippen molar-refractivity contribution < 1.29 is 8.42 Å². The van der Waals surface area contributed by atoms with Gasteiger partial charge in [0.1, 0.15) is 0 Å². The van der Waals surface area contributed by atoms with Crippen molar-refractivity contribution in [3.63, 3.8) is 0 Å². The Morgan fingerprint density at radius 2 is 1.88 bits per heavy atom. The number of sulfone groups is 1. The van der Waals surface area contributed by atoms with E-state index in [4.69, 9.17) is 0 Å². The van der Waals surface area contributed by atoms with Gasteiger partial charge in [-0.3, -0.25) is 5.32 Å². The van der Waals surface area contributed by atoms with E-state index in [0.29, 0.717) is 11.3 Å². The van der Waals surface area contributed by atoms with Crippen molar-refractivity contribution in [1.29, 1.82) is 0 Å². The molecule has 1 aromatic carbocycles. The van der Waals surface area contributed by atoms with Crippen molar-refractivity contribution in [1.82, 2.24) is 5.32 Å². The van der Waals surface area contributed by atoms with Crippen LogP contribution in [0.1, 0.15) is 6.42 Å². The highest BCUT2D eigenvalue weighted by Crippen LogP contribution is 2.48. The first-order valence-corrected chi connectivity index (χ1v) is 7.09. The van der Waals surface area contributed by atoms with E-state index < -0.39 is 14.7 Å². The van der Waals surface area contributed by atoms with E-state index in [-0.39, 0.29) is 0 Å². The van der Waals surface area contributed by atoms with Crippen LogP contribution in [0, 0.1) is 0 Å². The van der Waals surface area contributed by atoms with Crippen LogP contribution < -0.4 is 5.32 Å². The largest absolute Gasteiger partial charge is 0.298 e. The third-order valence-corrected chi connectivity index (χ3v) is 5.87. The van der Waals surface area contributed by atoms with Gasteiger partial charge in [0.2, 0.25) is 9.84 Å². The Kier molecular flexibility index (Phi) is 2.72. The molecular formula is C11H12BrNO2S. The zero-order valence-electron chi connectivity index (χ0n) is 8.83. The van der Waals surface area contributed by atoms with Gasteiger partial charge >= 0.3 is 0 Å². The maximum Gasteiger partial charge on any atom is 0.201 e. The molecule has 1 atom stereocenters. The first kappa shape index (κ1) is 11.8. The number of halogens is 1. The summed E-state index contributed by atoms with van der Waals surface area (Å²) in [5.41, 5.74) is 0.720. The van der Waals surface area contributed by atoms with Crippen molar-refractivity contribution in [2.24, 2.45) is 0 Å². The van der Waals surface area contributed by atoms with E-state index >= 15 is 0 Å². The molecule has 1 fully saturated rings. The lowest BCUT2D eigenvalue weighted by Crippen LogP contribution is -2.36. The van der Waals surface area contributed by atoms with Crippen LogP contribution in [0.15, 0.2) is 45.8 Å². The smallest absolute Gasteiger partial charge is 0.201 e. The molecule has 86 valence electrons. The van der Waals surface area contributed by atoms with E-state index in [1.54, 1.807) is 31.3 Å². The highest BCUT2D eigenvalue weighted by molar-refractivity contribution is 9.10. The first-order chi connectivity index (χ1) is 7.44. The van der Waals surface area contributed by atoms with E-state index in [1.807, 2.05) is 0 Å². The summed E-state index contributed by atoms with van der Waals surface area (Å²) in [5.74, 6) is 0. The molecule has 2 rings (SSSR count). The Balaban J connectivity index is 2.48. The first-order valence-electron chi connectivity index (χ1n) is 4.81. The van der Waals surface area contributed by atoms with Crippen LogP contribution in [0.2, 0.25) is 0 Å². The highest BCUT2D eigenvalue weighted by Gasteiger charge is 2.57. The molecule has 1 N–H and O–H groups in total. The van der Waals surface area contributed by atoms with Crippen molar-refractivity contribution in [3.8, 4) is 0 Å². The van der Waals surface area contributed by atoms with Gasteiger partial charge in [0, 0.05) is 10.9 Å². The minimum absolute atomic E-state index is 0.323. The average molecular weight is 302 g/mol. The maximum absolute atomic E-state index is 12.3. The van der Waals surface area contributed by atoms with Crippen molar-refractivity contribution in [2.75, 3.05) is 7.05 Å². The summed E-state index contributed by atoms with van der Waals surface area (Å²) in [5, 5.41) is 2.86. The summed E-state index contributed by atoms with van der Waals surface area (Å²) in [6.07, 6.45) is 0.488. The van der Waals surface area contributed by atoms with Crippen LogP contribution in [0.4, 0.5) is 0 Å². The van der Waals surface area contributed by atoms with Crippen molar-refractivity contribution in [2.45, 2.75) is 16.2 Å². The molecule has 0 aliphatic heterocycles. The zero-order valence-corrected chi connectivity index (χ0v) is 11.2. The molecule has 1 aromatic rings. The highest BCUT2D eigenvalue weighted by atomic mass is 79.9. The molecule has 0 saturated heterocycles. The molecule has 0 aromatic heterocycles. The van der Waals surface area contributed by atoms with Crippen molar-refractivity contribution in [3.05, 3.63) is 40.9 Å². The predicted molar refractivity (Wildman–Crippen MR) is 66.9 cm³/mol. The molecule has 1 aliphatic rings. The number of rotatable bonds is 3. The Labute approximate surface area is 104 Å². The standard InChI is InChI=1S/C11H12BrNO2S/c1-8-7-11(8,13-2)16(14,15)10-5-3-9(12)4-6-10/h3-6,13H,1,7H2,2H3. The molecule has 1 aliphatic carbocycles. The Morgan fingerprint density at radius 3 is 2.25 bits per heavy atom. The molecule has 5 heteroatoms. The van der Waals surface area contributed by atoms with Crippen LogP contribution in [0.5, 0.6) is 0 Å². The van der Waals surface area contributed by atoms with E-state index in [0.717, 1.165) is 10.0 Å². The number of benzene rings is 1. The second-order valence-corrected chi connectivity index (χ2v) is 6.91. The molecule has 1 saturated carbocycles. The third kappa shape index (κ3) is 1.54. The van der Waals surface area contributed by atoms with Crippen LogP contribution in [-0.2, 0) is 9.84 Å². The van der Waals surface area contributed by atoms with Gasteiger partial charge in [-0.25, -0.2) is 8.42 Å². The fraction of sp³-hybridized carbons (Fsp3) is 0.273. The minimum Gasteiger partial charge on any atom is -0.298 e. The SMILES string of the molecule is C=C1CC1(NC)S(=O)(=O)c1ccc(Br)cc1. The normalized spacial score (nSPS) is 24.5. The number of hydrogen-bond acceptors (Lipinski definition) is 3. The van der Waals surface area contributed by atoms with Crippen LogP contribution >= 0.6 is 15.9 Å². The van der Waals surface area contributed by atoms with Gasteiger partial charge < -0.3 is 0 Å². The lowest BCUT2D eigenvalue weighted by Gasteiger charge is -2.15. The lowest BCUT2D eigenvalue weighted by atomic mass is 10.4. The average Bonchev–Trinajstić information content (AvgIpc) is 2.92. The monoisotopic (exact) mass is 301 g/mol. The summed E-state index contributed by atoms with van der Waals surface area (Å²) in [6, 6.07) is 6.65. The zero-order chi connectivity index (χ0) is 12.0. The van der Waals surface area contributed by atoms with Gasteiger partial charge in [0.25, 0.3) is 0 Å². The van der Waals surface area contributed by atoms with Gasteiger partial charge in [-0.1, -0.05) is 22.5 Å².